The maximum absolute atomic E-state index is 13.1. The summed E-state index contributed by atoms with van der Waals surface area (Å²) in [7, 11) is 0. The van der Waals surface area contributed by atoms with Crippen molar-refractivity contribution in [3.8, 4) is 22.8 Å². The van der Waals surface area contributed by atoms with Gasteiger partial charge in [0.05, 0.1) is 11.2 Å². The van der Waals surface area contributed by atoms with Gasteiger partial charge in [-0.3, -0.25) is 0 Å². The number of urea groups is 1. The van der Waals surface area contributed by atoms with Gasteiger partial charge >= 0.3 is 12.4 Å². The number of ether oxygens (including phenoxy) is 1. The molecule has 2 heterocycles. The smallest absolute Gasteiger partial charge is 0.406 e. The van der Waals surface area contributed by atoms with Gasteiger partial charge in [-0.15, -0.1) is 18.3 Å². The first-order valence-electron chi connectivity index (χ1n) is 13.4. The van der Waals surface area contributed by atoms with Crippen molar-refractivity contribution < 1.29 is 22.7 Å². The van der Waals surface area contributed by atoms with Crippen molar-refractivity contribution in [1.82, 2.24) is 20.1 Å². The Morgan fingerprint density at radius 3 is 2.36 bits per heavy atom. The number of hydrogen-bond acceptors (Lipinski definition) is 5. The van der Waals surface area contributed by atoms with Crippen LogP contribution in [0.2, 0.25) is 0 Å². The van der Waals surface area contributed by atoms with Crippen molar-refractivity contribution >= 4 is 28.6 Å². The highest BCUT2D eigenvalue weighted by molar-refractivity contribution is 8.14. The van der Waals surface area contributed by atoms with Crippen LogP contribution < -0.4 is 15.0 Å². The SMILES string of the molecule is Cc1cccc(C)c1N1CCS/C1=N\C(=O)NC1(c2ccc(-c3ncn(-c4ccc(OC(F)(F)F)cc4)n3)cc2)CC1. The van der Waals surface area contributed by atoms with E-state index >= 15 is 0 Å². The first-order valence-corrected chi connectivity index (χ1v) is 14.3. The minimum atomic E-state index is -4.75. The number of rotatable bonds is 6. The first kappa shape index (κ1) is 27.8. The van der Waals surface area contributed by atoms with E-state index in [-0.39, 0.29) is 11.8 Å². The number of thioether (sulfide) groups is 1. The molecule has 0 atom stereocenters. The minimum absolute atomic E-state index is 0.310. The summed E-state index contributed by atoms with van der Waals surface area (Å²) < 4.78 is 42.7. The number of aryl methyl sites for hydroxylation is 2. The molecule has 0 spiro atoms. The molecule has 1 aliphatic carbocycles. The second-order valence-corrected chi connectivity index (χ2v) is 11.3. The molecule has 216 valence electrons. The zero-order valence-electron chi connectivity index (χ0n) is 22.9. The van der Waals surface area contributed by atoms with Gasteiger partial charge in [-0.05, 0) is 67.6 Å². The van der Waals surface area contributed by atoms with Crippen LogP contribution in [0.15, 0.2) is 78.0 Å². The number of nitrogens with one attached hydrogen (secondary N) is 1. The number of para-hydroxylation sites is 1. The van der Waals surface area contributed by atoms with Crippen molar-refractivity contribution in [2.45, 2.75) is 38.6 Å². The van der Waals surface area contributed by atoms with Gasteiger partial charge in [-0.1, -0.05) is 54.2 Å². The fraction of sp³-hybridized carbons (Fsp3) is 0.267. The third kappa shape index (κ3) is 5.85. The third-order valence-electron chi connectivity index (χ3n) is 7.30. The number of aromatic nitrogens is 3. The molecule has 2 amide bonds. The summed E-state index contributed by atoms with van der Waals surface area (Å²) >= 11 is 1.58. The molecule has 1 saturated carbocycles. The van der Waals surface area contributed by atoms with E-state index in [0.717, 1.165) is 53.1 Å². The highest BCUT2D eigenvalue weighted by atomic mass is 32.2. The van der Waals surface area contributed by atoms with Crippen molar-refractivity contribution in [2.75, 3.05) is 17.2 Å². The summed E-state index contributed by atoms with van der Waals surface area (Å²) in [5.41, 5.74) is 5.23. The molecule has 1 saturated heterocycles. The number of carbonyl (C=O) groups is 1. The van der Waals surface area contributed by atoms with Crippen LogP contribution in [0, 0.1) is 13.8 Å². The lowest BCUT2D eigenvalue weighted by Crippen LogP contribution is -2.34. The van der Waals surface area contributed by atoms with Gasteiger partial charge in [0.15, 0.2) is 11.0 Å². The van der Waals surface area contributed by atoms with E-state index in [1.54, 1.807) is 11.8 Å². The molecule has 4 aromatic rings. The van der Waals surface area contributed by atoms with Gasteiger partial charge in [0, 0.05) is 23.5 Å². The first-order chi connectivity index (χ1) is 20.1. The fourth-order valence-electron chi connectivity index (χ4n) is 5.12. The van der Waals surface area contributed by atoms with Crippen LogP contribution in [-0.2, 0) is 5.54 Å². The van der Waals surface area contributed by atoms with E-state index in [1.807, 2.05) is 30.3 Å². The zero-order valence-corrected chi connectivity index (χ0v) is 23.7. The predicted molar refractivity (Wildman–Crippen MR) is 156 cm³/mol. The summed E-state index contributed by atoms with van der Waals surface area (Å²) in [6.07, 6.45) is -1.62. The number of amides is 2. The van der Waals surface area contributed by atoms with Gasteiger partial charge in [0.2, 0.25) is 0 Å². The topological polar surface area (TPSA) is 84.6 Å². The number of nitrogens with zero attached hydrogens (tertiary/aromatic N) is 5. The molecule has 42 heavy (non-hydrogen) atoms. The van der Waals surface area contributed by atoms with E-state index in [2.05, 4.69) is 56.0 Å². The Labute approximate surface area is 244 Å². The quantitative estimate of drug-likeness (QED) is 0.266. The van der Waals surface area contributed by atoms with Crippen LogP contribution in [0.4, 0.5) is 23.7 Å². The molecule has 12 heteroatoms. The average molecular weight is 593 g/mol. The highest BCUT2D eigenvalue weighted by Gasteiger charge is 2.46. The average Bonchev–Trinajstić information content (AvgIpc) is 3.33. The number of carbonyl (C=O) groups excluding carboxylic acids is 1. The number of halogens is 3. The van der Waals surface area contributed by atoms with Gasteiger partial charge in [0.25, 0.3) is 0 Å². The molecule has 1 aromatic heterocycles. The molecule has 2 fully saturated rings. The van der Waals surface area contributed by atoms with Gasteiger partial charge in [-0.2, -0.15) is 4.99 Å². The Kier molecular flexibility index (Phi) is 7.17. The van der Waals surface area contributed by atoms with Crippen molar-refractivity contribution in [3.05, 3.63) is 89.7 Å². The molecule has 0 bridgehead atoms. The van der Waals surface area contributed by atoms with Crippen molar-refractivity contribution in [3.63, 3.8) is 0 Å². The van der Waals surface area contributed by atoms with Crippen LogP contribution in [0.3, 0.4) is 0 Å². The maximum atomic E-state index is 13.1. The molecule has 0 unspecified atom stereocenters. The van der Waals surface area contributed by atoms with Crippen LogP contribution in [0.1, 0.15) is 29.5 Å². The van der Waals surface area contributed by atoms with E-state index in [9.17, 15) is 18.0 Å². The standard InChI is InChI=1S/C30H27F3N6O2S/c1-19-4-3-5-20(2)25(19)38-16-17-42-28(38)35-27(40)36-29(14-15-29)22-8-6-21(7-9-22)26-34-18-39(37-26)23-10-12-24(13-11-23)41-30(31,32)33/h3-13,18H,14-17H2,1-2H3,(H,36,40)/b35-28-. The minimum Gasteiger partial charge on any atom is -0.406 e. The van der Waals surface area contributed by atoms with Crippen molar-refractivity contribution in [1.29, 1.82) is 0 Å². The molecule has 3 aromatic carbocycles. The van der Waals surface area contributed by atoms with Crippen LogP contribution >= 0.6 is 11.8 Å². The largest absolute Gasteiger partial charge is 0.573 e. The Hall–Kier alpha value is -4.32. The summed E-state index contributed by atoms with van der Waals surface area (Å²) in [5.74, 6) is 1.02. The Morgan fingerprint density at radius 2 is 1.71 bits per heavy atom. The number of anilines is 1. The normalized spacial score (nSPS) is 17.0. The molecule has 2 aliphatic rings. The molecule has 0 radical (unpaired) electrons. The molecule has 1 N–H and O–H groups in total. The monoisotopic (exact) mass is 592 g/mol. The number of aliphatic imine (C=N–C) groups is 1. The maximum Gasteiger partial charge on any atom is 0.573 e. The molecular formula is C30H27F3N6O2S. The van der Waals surface area contributed by atoms with Gasteiger partial charge < -0.3 is 15.0 Å². The Morgan fingerprint density at radius 1 is 1.02 bits per heavy atom. The molecule has 8 nitrogen and oxygen atoms in total. The Bertz CT molecular complexity index is 1630. The lowest BCUT2D eigenvalue weighted by molar-refractivity contribution is -0.274. The fourth-order valence-corrected chi connectivity index (χ4v) is 6.06. The number of amidine groups is 1. The van der Waals surface area contributed by atoms with E-state index < -0.39 is 11.9 Å². The van der Waals surface area contributed by atoms with Crippen LogP contribution in [0.25, 0.3) is 17.1 Å². The van der Waals surface area contributed by atoms with E-state index in [4.69, 9.17) is 0 Å². The lowest BCUT2D eigenvalue weighted by Gasteiger charge is -2.23. The highest BCUT2D eigenvalue weighted by Crippen LogP contribution is 2.46. The molecular weight excluding hydrogens is 565 g/mol. The van der Waals surface area contributed by atoms with Gasteiger partial charge in [-0.25, -0.2) is 14.5 Å². The Balaban J connectivity index is 1.13. The summed E-state index contributed by atoms with van der Waals surface area (Å²) in [6.45, 7) is 4.94. The van der Waals surface area contributed by atoms with E-state index in [0.29, 0.717) is 16.7 Å². The second-order valence-electron chi connectivity index (χ2n) is 10.3. The summed E-state index contributed by atoms with van der Waals surface area (Å²) in [4.78, 5) is 24.0. The zero-order chi connectivity index (χ0) is 29.5. The second kappa shape index (κ2) is 10.8. The number of benzene rings is 3. The van der Waals surface area contributed by atoms with Crippen LogP contribution in [0.5, 0.6) is 5.75 Å². The van der Waals surface area contributed by atoms with Crippen molar-refractivity contribution in [2.24, 2.45) is 4.99 Å². The lowest BCUT2D eigenvalue weighted by atomic mass is 10.0. The van der Waals surface area contributed by atoms with Crippen LogP contribution in [-0.4, -0.2) is 44.6 Å². The predicted octanol–water partition coefficient (Wildman–Crippen LogP) is 6.76. The number of alkyl halides is 3. The molecule has 1 aliphatic heterocycles. The van der Waals surface area contributed by atoms with E-state index in [1.165, 1.54) is 35.3 Å². The summed E-state index contributed by atoms with van der Waals surface area (Å²) in [6, 6.07) is 18.9. The third-order valence-corrected chi connectivity index (χ3v) is 8.26. The van der Waals surface area contributed by atoms with Gasteiger partial charge in [0.1, 0.15) is 12.1 Å². The number of hydrogen-bond donors (Lipinski definition) is 1. The molecule has 6 rings (SSSR count). The summed E-state index contributed by atoms with van der Waals surface area (Å²) in [5, 5.41) is 8.30.